The third kappa shape index (κ3) is 4.89. The molecule has 1 N–H and O–H groups in total. The summed E-state index contributed by atoms with van der Waals surface area (Å²) in [4.78, 5) is 28.1. The molecule has 1 aromatic heterocycles. The average Bonchev–Trinajstić information content (AvgIpc) is 3.15. The number of hydrogen-bond acceptors (Lipinski definition) is 4. The van der Waals surface area contributed by atoms with Crippen molar-refractivity contribution in [2.24, 2.45) is 0 Å². The van der Waals surface area contributed by atoms with Gasteiger partial charge in [-0.3, -0.25) is 4.79 Å². The number of hydrogen-bond donors (Lipinski definition) is 1. The number of Topliss-reactive ketones (excluding diaryl/α,β-unsaturated/α-hetero) is 1. The van der Waals surface area contributed by atoms with Crippen molar-refractivity contribution in [3.63, 3.8) is 0 Å². The molecule has 0 aliphatic rings. The Morgan fingerprint density at radius 1 is 1.13 bits per heavy atom. The molecule has 0 spiro atoms. The van der Waals surface area contributed by atoms with Crippen molar-refractivity contribution in [2.45, 2.75) is 39.2 Å². The van der Waals surface area contributed by atoms with Crippen LogP contribution in [0.2, 0.25) is 0 Å². The third-order valence-corrected chi connectivity index (χ3v) is 4.80. The summed E-state index contributed by atoms with van der Waals surface area (Å²) in [7, 11) is 0. The molecule has 30 heavy (non-hydrogen) atoms. The number of carboxylic acid groups (broad SMARTS) is 1. The van der Waals surface area contributed by atoms with E-state index in [1.165, 1.54) is 0 Å². The van der Waals surface area contributed by atoms with Gasteiger partial charge in [-0.25, -0.2) is 14.5 Å². The van der Waals surface area contributed by atoms with E-state index in [1.54, 1.807) is 22.9 Å². The van der Waals surface area contributed by atoms with Crippen molar-refractivity contribution in [1.29, 1.82) is 0 Å². The van der Waals surface area contributed by atoms with E-state index in [4.69, 9.17) is 0 Å². The zero-order chi connectivity index (χ0) is 21.5. The van der Waals surface area contributed by atoms with E-state index in [0.717, 1.165) is 29.8 Å². The van der Waals surface area contributed by atoms with Gasteiger partial charge in [0, 0.05) is 12.8 Å². The summed E-state index contributed by atoms with van der Waals surface area (Å²) in [5.41, 5.74) is 2.77. The van der Waals surface area contributed by atoms with Crippen LogP contribution in [0, 0.1) is 0 Å². The van der Waals surface area contributed by atoms with Gasteiger partial charge in [-0.05, 0) is 35.6 Å². The number of aromatic carboxylic acids is 1. The van der Waals surface area contributed by atoms with Gasteiger partial charge in [0.15, 0.2) is 0 Å². The summed E-state index contributed by atoms with van der Waals surface area (Å²) in [5, 5.41) is 13.8. The Balaban J connectivity index is 1.85. The van der Waals surface area contributed by atoms with Crippen molar-refractivity contribution < 1.29 is 14.7 Å². The van der Waals surface area contributed by atoms with Crippen LogP contribution in [0.3, 0.4) is 0 Å². The molecule has 0 aliphatic carbocycles. The van der Waals surface area contributed by atoms with E-state index < -0.39 is 5.97 Å². The molecule has 0 atom stereocenters. The van der Waals surface area contributed by atoms with Crippen LogP contribution in [0.15, 0.2) is 61.2 Å². The van der Waals surface area contributed by atoms with Crippen molar-refractivity contribution in [1.82, 2.24) is 14.8 Å². The first-order chi connectivity index (χ1) is 14.5. The van der Waals surface area contributed by atoms with Crippen molar-refractivity contribution in [3.05, 3.63) is 84.0 Å². The Kier molecular flexibility index (Phi) is 6.91. The summed E-state index contributed by atoms with van der Waals surface area (Å²) in [5.74, 6) is 0.0303. The number of benzene rings is 2. The molecule has 2 aromatic carbocycles. The molecular weight excluding hydrogens is 378 g/mol. The minimum absolute atomic E-state index is 0.0447. The van der Waals surface area contributed by atoms with Crippen LogP contribution < -0.4 is 0 Å². The molecule has 0 saturated carbocycles. The normalized spacial score (nSPS) is 10.7. The Morgan fingerprint density at radius 3 is 2.53 bits per heavy atom. The topological polar surface area (TPSA) is 85.1 Å². The van der Waals surface area contributed by atoms with Gasteiger partial charge in [-0.1, -0.05) is 55.5 Å². The number of ketones is 1. The number of aromatic nitrogens is 3. The molecule has 0 bridgehead atoms. The number of allylic oxidation sites excluding steroid dienone is 1. The van der Waals surface area contributed by atoms with Crippen LogP contribution >= 0.6 is 0 Å². The number of carbonyl (C=O) groups is 2. The first kappa shape index (κ1) is 21.2. The van der Waals surface area contributed by atoms with Gasteiger partial charge in [-0.2, -0.15) is 0 Å². The second-order valence-corrected chi connectivity index (χ2v) is 7.06. The maximum absolute atomic E-state index is 12.2. The van der Waals surface area contributed by atoms with Gasteiger partial charge in [0.05, 0.1) is 12.1 Å². The fourth-order valence-electron chi connectivity index (χ4n) is 3.26. The van der Waals surface area contributed by atoms with E-state index in [0.29, 0.717) is 24.9 Å². The maximum atomic E-state index is 12.2. The highest BCUT2D eigenvalue weighted by atomic mass is 16.4. The first-order valence-electron chi connectivity index (χ1n) is 10.0. The molecule has 0 saturated heterocycles. The fraction of sp³-hybridized carbons (Fsp3) is 0.250. The average molecular weight is 403 g/mol. The lowest BCUT2D eigenvalue weighted by Crippen LogP contribution is -2.08. The molecule has 154 valence electrons. The zero-order valence-corrected chi connectivity index (χ0v) is 17.0. The number of nitrogens with zero attached hydrogens (tertiary/aromatic N) is 3. The van der Waals surface area contributed by atoms with Gasteiger partial charge < -0.3 is 5.11 Å². The van der Waals surface area contributed by atoms with Crippen LogP contribution in [-0.4, -0.2) is 31.6 Å². The zero-order valence-electron chi connectivity index (χ0n) is 17.0. The predicted molar refractivity (Wildman–Crippen MR) is 116 cm³/mol. The first-order valence-corrected chi connectivity index (χ1v) is 10.0. The van der Waals surface area contributed by atoms with Crippen molar-refractivity contribution in [3.8, 4) is 11.1 Å². The molecular formula is C24H25N3O3. The lowest BCUT2D eigenvalue weighted by atomic mass is 9.99. The molecule has 3 aromatic rings. The Labute approximate surface area is 175 Å². The Bertz CT molecular complexity index is 1050. The summed E-state index contributed by atoms with van der Waals surface area (Å²) in [6, 6.07) is 14.6. The smallest absolute Gasteiger partial charge is 0.336 e. The molecule has 0 fully saturated rings. The minimum Gasteiger partial charge on any atom is -0.478 e. The van der Waals surface area contributed by atoms with Crippen molar-refractivity contribution in [2.75, 3.05) is 0 Å². The Hall–Kier alpha value is -3.54. The van der Waals surface area contributed by atoms with E-state index in [9.17, 15) is 14.7 Å². The van der Waals surface area contributed by atoms with E-state index in [-0.39, 0.29) is 17.2 Å². The SMILES string of the molecule is C=CCCc1nc(C(=O)CCC)nn1Cc1ccc(-c2ccccc2C(=O)O)cc1. The van der Waals surface area contributed by atoms with Gasteiger partial charge in [0.1, 0.15) is 5.82 Å². The van der Waals surface area contributed by atoms with Crippen molar-refractivity contribution >= 4 is 11.8 Å². The summed E-state index contributed by atoms with van der Waals surface area (Å²) in [6.07, 6.45) is 4.43. The van der Waals surface area contributed by atoms with Crippen LogP contribution in [0.4, 0.5) is 0 Å². The van der Waals surface area contributed by atoms with Crippen LogP contribution in [-0.2, 0) is 13.0 Å². The third-order valence-electron chi connectivity index (χ3n) is 4.80. The molecule has 0 aliphatic heterocycles. The molecule has 3 rings (SSSR count). The van der Waals surface area contributed by atoms with E-state index in [2.05, 4.69) is 16.7 Å². The molecule has 1 heterocycles. The Morgan fingerprint density at radius 2 is 1.87 bits per heavy atom. The number of rotatable bonds is 10. The standard InChI is InChI=1S/C24H25N3O3/c1-3-5-11-22-25-23(21(28)8-4-2)26-27(22)16-17-12-14-18(15-13-17)19-9-6-7-10-20(19)24(29)30/h3,6-7,9-10,12-15H,1,4-5,8,11,16H2,2H3,(H,29,30). The molecule has 0 amide bonds. The molecule has 0 radical (unpaired) electrons. The lowest BCUT2D eigenvalue weighted by molar-refractivity contribution is 0.0697. The number of carboxylic acids is 1. The summed E-state index contributed by atoms with van der Waals surface area (Å²) >= 11 is 0. The van der Waals surface area contributed by atoms with E-state index >= 15 is 0 Å². The van der Waals surface area contributed by atoms with Crippen LogP contribution in [0.1, 0.15) is 58.6 Å². The number of aryl methyl sites for hydroxylation is 1. The van der Waals surface area contributed by atoms with E-state index in [1.807, 2.05) is 43.3 Å². The lowest BCUT2D eigenvalue weighted by Gasteiger charge is -2.09. The second-order valence-electron chi connectivity index (χ2n) is 7.06. The van der Waals surface area contributed by atoms with Gasteiger partial charge in [0.2, 0.25) is 11.6 Å². The number of carbonyl (C=O) groups excluding carboxylic acids is 1. The van der Waals surface area contributed by atoms with Crippen LogP contribution in [0.25, 0.3) is 11.1 Å². The predicted octanol–water partition coefficient (Wildman–Crippen LogP) is 4.79. The van der Waals surface area contributed by atoms with Gasteiger partial charge in [-0.15, -0.1) is 11.7 Å². The fourth-order valence-corrected chi connectivity index (χ4v) is 3.26. The van der Waals surface area contributed by atoms with Gasteiger partial charge >= 0.3 is 5.97 Å². The summed E-state index contributed by atoms with van der Waals surface area (Å²) < 4.78 is 1.77. The molecule has 6 nitrogen and oxygen atoms in total. The molecule has 6 heteroatoms. The quantitative estimate of drug-likeness (QED) is 0.388. The monoisotopic (exact) mass is 403 g/mol. The highest BCUT2D eigenvalue weighted by Crippen LogP contribution is 2.24. The minimum atomic E-state index is -0.951. The second kappa shape index (κ2) is 9.78. The van der Waals surface area contributed by atoms with Gasteiger partial charge in [0.25, 0.3) is 0 Å². The maximum Gasteiger partial charge on any atom is 0.336 e. The highest BCUT2D eigenvalue weighted by Gasteiger charge is 2.16. The highest BCUT2D eigenvalue weighted by molar-refractivity contribution is 5.96. The summed E-state index contributed by atoms with van der Waals surface area (Å²) in [6.45, 7) is 6.19. The van der Waals surface area contributed by atoms with Crippen LogP contribution in [0.5, 0.6) is 0 Å². The largest absolute Gasteiger partial charge is 0.478 e. The molecule has 0 unspecified atom stereocenters.